The molecular weight excluding hydrogens is 619 g/mol. The van der Waals surface area contributed by atoms with Crippen molar-refractivity contribution in [1.82, 2.24) is 20.9 Å². The van der Waals surface area contributed by atoms with Crippen LogP contribution in [0.3, 0.4) is 0 Å². The molecular formula is C31H39N5O7S2. The summed E-state index contributed by atoms with van der Waals surface area (Å²) in [6, 6.07) is 13.6. The van der Waals surface area contributed by atoms with E-state index in [1.165, 1.54) is 18.0 Å². The lowest BCUT2D eigenvalue weighted by atomic mass is 10.0. The summed E-state index contributed by atoms with van der Waals surface area (Å²) in [4.78, 5) is 76.7. The van der Waals surface area contributed by atoms with Crippen LogP contribution in [0, 0.1) is 16.0 Å². The first-order valence-corrected chi connectivity index (χ1v) is 17.0. The van der Waals surface area contributed by atoms with E-state index in [0.717, 1.165) is 27.2 Å². The lowest BCUT2D eigenvalue weighted by molar-refractivity contribution is -0.387. The quantitative estimate of drug-likeness (QED) is 0.0996. The van der Waals surface area contributed by atoms with Crippen molar-refractivity contribution in [3.8, 4) is 0 Å². The summed E-state index contributed by atoms with van der Waals surface area (Å²) < 4.78 is 0. The molecule has 0 spiro atoms. The zero-order valence-electron chi connectivity index (χ0n) is 25.5. The van der Waals surface area contributed by atoms with Crippen molar-refractivity contribution < 1.29 is 28.9 Å². The summed E-state index contributed by atoms with van der Waals surface area (Å²) in [7, 11) is 3.67. The van der Waals surface area contributed by atoms with Crippen LogP contribution in [-0.2, 0) is 30.4 Å². The van der Waals surface area contributed by atoms with Crippen molar-refractivity contribution in [3.63, 3.8) is 0 Å². The molecule has 242 valence electrons. The summed E-state index contributed by atoms with van der Waals surface area (Å²) in [5.41, 5.74) is 0.757. The molecule has 3 atom stereocenters. The van der Waals surface area contributed by atoms with Crippen molar-refractivity contribution in [2.45, 2.75) is 74.6 Å². The molecule has 1 aliphatic heterocycles. The van der Waals surface area contributed by atoms with Crippen LogP contribution in [0.15, 0.2) is 59.5 Å². The summed E-state index contributed by atoms with van der Waals surface area (Å²) >= 11 is 0. The van der Waals surface area contributed by atoms with Gasteiger partial charge in [0.1, 0.15) is 12.1 Å². The number of benzene rings is 2. The Bertz CT molecular complexity index is 1360. The highest BCUT2D eigenvalue weighted by molar-refractivity contribution is 8.77. The number of rotatable bonds is 17. The van der Waals surface area contributed by atoms with E-state index in [4.69, 9.17) is 0 Å². The third kappa shape index (κ3) is 10.9. The number of likely N-dealkylation sites (N-methyl/N-ethyl adjacent to an activating group) is 1. The molecule has 3 rings (SSSR count). The number of amides is 5. The van der Waals surface area contributed by atoms with Crippen LogP contribution in [0.4, 0.5) is 5.69 Å². The maximum Gasteiger partial charge on any atom is 0.283 e. The standard InChI is InChI=1S/C31H39N5O7S2/c1-20(2)18-22(30(40)33-23(29(39)32-3)19-21-10-5-4-6-11-21)34-31(41)26(14-9-17-35-27(37)15-16-28(35)38)45-44-25-13-8-7-12-24(25)36(42)43/h4-8,10-13,20,22-23,26H,9,14-19H2,1-3H3,(H,32,39)(H,33,40)(H,34,41)/t22?,23-,26?/m0/s1. The second-order valence-corrected chi connectivity index (χ2v) is 13.5. The average molecular weight is 658 g/mol. The van der Waals surface area contributed by atoms with Gasteiger partial charge in [-0.1, -0.05) is 67.1 Å². The average Bonchev–Trinajstić information content (AvgIpc) is 3.34. The SMILES string of the molecule is CNC(=O)[C@H](Cc1ccccc1)NC(=O)C(CC(C)C)NC(=O)C(CCCN1C(=O)CCC1=O)SSc1ccccc1[N+](=O)[O-]. The Morgan fingerprint density at radius 2 is 1.53 bits per heavy atom. The predicted molar refractivity (Wildman–Crippen MR) is 173 cm³/mol. The number of nitro benzene ring substituents is 1. The van der Waals surface area contributed by atoms with Gasteiger partial charge in [-0.3, -0.25) is 39.0 Å². The fourth-order valence-corrected chi connectivity index (χ4v) is 7.42. The van der Waals surface area contributed by atoms with Crippen LogP contribution >= 0.6 is 21.6 Å². The molecule has 1 heterocycles. The van der Waals surface area contributed by atoms with E-state index in [1.807, 2.05) is 44.2 Å². The van der Waals surface area contributed by atoms with Crippen LogP contribution < -0.4 is 16.0 Å². The first kappa shape index (κ1) is 35.6. The maximum atomic E-state index is 13.7. The zero-order valence-corrected chi connectivity index (χ0v) is 27.2. The Labute approximate surface area is 270 Å². The molecule has 2 aromatic carbocycles. The van der Waals surface area contributed by atoms with E-state index in [-0.39, 0.29) is 61.6 Å². The second-order valence-electron chi connectivity index (χ2n) is 11.0. The van der Waals surface area contributed by atoms with Crippen LogP contribution in [-0.4, -0.2) is 70.3 Å². The van der Waals surface area contributed by atoms with E-state index in [0.29, 0.717) is 17.7 Å². The van der Waals surface area contributed by atoms with E-state index < -0.39 is 34.1 Å². The first-order chi connectivity index (χ1) is 21.5. The van der Waals surface area contributed by atoms with Gasteiger partial charge in [-0.25, -0.2) is 0 Å². The Hall–Kier alpha value is -3.91. The Kier molecular flexibility index (Phi) is 13.9. The van der Waals surface area contributed by atoms with Crippen molar-refractivity contribution in [2.75, 3.05) is 13.6 Å². The largest absolute Gasteiger partial charge is 0.357 e. The van der Waals surface area contributed by atoms with Crippen LogP contribution in [0.1, 0.15) is 51.5 Å². The van der Waals surface area contributed by atoms with Gasteiger partial charge in [0, 0.05) is 38.9 Å². The first-order valence-electron chi connectivity index (χ1n) is 14.8. The number of carbonyl (C=O) groups is 5. The Balaban J connectivity index is 1.77. The molecule has 0 saturated carbocycles. The number of likely N-dealkylation sites (tertiary alicyclic amines) is 1. The fourth-order valence-electron chi connectivity index (χ4n) is 4.79. The Morgan fingerprint density at radius 1 is 0.911 bits per heavy atom. The number of hydrogen-bond acceptors (Lipinski definition) is 9. The highest BCUT2D eigenvalue weighted by Crippen LogP contribution is 2.41. The van der Waals surface area contributed by atoms with Crippen molar-refractivity contribution in [3.05, 3.63) is 70.3 Å². The van der Waals surface area contributed by atoms with Crippen molar-refractivity contribution in [1.29, 1.82) is 0 Å². The number of nitrogens with one attached hydrogen (secondary N) is 3. The van der Waals surface area contributed by atoms with Crippen LogP contribution in [0.2, 0.25) is 0 Å². The molecule has 1 fully saturated rings. The molecule has 45 heavy (non-hydrogen) atoms. The van der Waals surface area contributed by atoms with Gasteiger partial charge in [-0.2, -0.15) is 0 Å². The number of para-hydroxylation sites is 1. The van der Waals surface area contributed by atoms with Gasteiger partial charge in [-0.05, 0) is 47.6 Å². The zero-order chi connectivity index (χ0) is 32.9. The molecule has 0 aromatic heterocycles. The minimum Gasteiger partial charge on any atom is -0.357 e. The minimum atomic E-state index is -0.957. The highest BCUT2D eigenvalue weighted by Gasteiger charge is 2.32. The number of carbonyl (C=O) groups excluding carboxylic acids is 5. The van der Waals surface area contributed by atoms with Crippen molar-refractivity contribution >= 4 is 56.8 Å². The van der Waals surface area contributed by atoms with Gasteiger partial charge < -0.3 is 16.0 Å². The molecule has 0 bridgehead atoms. The number of nitro groups is 1. The third-order valence-corrected chi connectivity index (χ3v) is 9.94. The van der Waals surface area contributed by atoms with Crippen LogP contribution in [0.5, 0.6) is 0 Å². The Morgan fingerprint density at radius 3 is 2.16 bits per heavy atom. The maximum absolute atomic E-state index is 13.7. The summed E-state index contributed by atoms with van der Waals surface area (Å²) in [5, 5.41) is 19.0. The predicted octanol–water partition coefficient (Wildman–Crippen LogP) is 3.64. The fraction of sp³-hybridized carbons (Fsp3) is 0.452. The topological polar surface area (TPSA) is 168 Å². The molecule has 2 unspecified atom stereocenters. The molecule has 0 radical (unpaired) electrons. The molecule has 12 nitrogen and oxygen atoms in total. The molecule has 1 aliphatic rings. The van der Waals surface area contributed by atoms with Gasteiger partial charge in [0.15, 0.2) is 0 Å². The normalized spacial score (nSPS) is 15.0. The summed E-state index contributed by atoms with van der Waals surface area (Å²) in [5.74, 6) is -1.83. The smallest absolute Gasteiger partial charge is 0.283 e. The highest BCUT2D eigenvalue weighted by atomic mass is 33.1. The van der Waals surface area contributed by atoms with E-state index in [1.54, 1.807) is 18.2 Å². The van der Waals surface area contributed by atoms with Crippen LogP contribution in [0.25, 0.3) is 0 Å². The van der Waals surface area contributed by atoms with Crippen molar-refractivity contribution in [2.24, 2.45) is 5.92 Å². The van der Waals surface area contributed by atoms with Gasteiger partial charge in [0.2, 0.25) is 29.5 Å². The monoisotopic (exact) mass is 657 g/mol. The number of hydrogen-bond donors (Lipinski definition) is 3. The van der Waals surface area contributed by atoms with E-state index in [2.05, 4.69) is 16.0 Å². The summed E-state index contributed by atoms with van der Waals surface area (Å²) in [6.45, 7) is 3.97. The third-order valence-electron chi connectivity index (χ3n) is 7.11. The molecule has 14 heteroatoms. The molecule has 0 aliphatic carbocycles. The van der Waals surface area contributed by atoms with E-state index in [9.17, 15) is 34.1 Å². The van der Waals surface area contributed by atoms with E-state index >= 15 is 0 Å². The minimum absolute atomic E-state index is 0.0215. The van der Waals surface area contributed by atoms with Gasteiger partial charge in [0.25, 0.3) is 5.69 Å². The van der Waals surface area contributed by atoms with Gasteiger partial charge >= 0.3 is 0 Å². The lowest BCUT2D eigenvalue weighted by Crippen LogP contribution is -2.55. The number of nitrogens with zero attached hydrogens (tertiary/aromatic N) is 2. The lowest BCUT2D eigenvalue weighted by Gasteiger charge is -2.26. The molecule has 1 saturated heterocycles. The van der Waals surface area contributed by atoms with Gasteiger partial charge in [0.05, 0.1) is 15.1 Å². The molecule has 5 amide bonds. The number of imide groups is 1. The molecule has 3 N–H and O–H groups in total. The molecule has 2 aromatic rings. The van der Waals surface area contributed by atoms with Gasteiger partial charge in [-0.15, -0.1) is 0 Å². The second kappa shape index (κ2) is 17.5. The summed E-state index contributed by atoms with van der Waals surface area (Å²) in [6.07, 6.45) is 1.46.